The molecule has 2 fully saturated rings. The van der Waals surface area contributed by atoms with Gasteiger partial charge in [0.15, 0.2) is 0 Å². The maximum Gasteiger partial charge on any atom is 0.322 e. The van der Waals surface area contributed by atoms with E-state index in [1.54, 1.807) is 4.90 Å². The fourth-order valence-electron chi connectivity index (χ4n) is 3.28. The molecule has 5 nitrogen and oxygen atoms in total. The summed E-state index contributed by atoms with van der Waals surface area (Å²) in [6.45, 7) is 0. The van der Waals surface area contributed by atoms with E-state index >= 15 is 0 Å². The van der Waals surface area contributed by atoms with Crippen LogP contribution >= 0.6 is 0 Å². The summed E-state index contributed by atoms with van der Waals surface area (Å²) in [7, 11) is 0. The average molecular weight is 260 g/mol. The van der Waals surface area contributed by atoms with Crippen LogP contribution in [0.5, 0.6) is 0 Å². The van der Waals surface area contributed by atoms with Crippen LogP contribution in [0.2, 0.25) is 0 Å². The lowest BCUT2D eigenvalue weighted by Crippen LogP contribution is -2.40. The van der Waals surface area contributed by atoms with Crippen LogP contribution in [0.25, 0.3) is 0 Å². The molecule has 0 aliphatic carbocycles. The van der Waals surface area contributed by atoms with Gasteiger partial charge in [-0.05, 0) is 31.4 Å². The van der Waals surface area contributed by atoms with E-state index in [4.69, 9.17) is 5.11 Å². The molecule has 2 N–H and O–H groups in total. The minimum absolute atomic E-state index is 0.0785. The fraction of sp³-hybridized carbons (Fsp3) is 0.429. The molecule has 2 saturated heterocycles. The number of nitrogens with one attached hydrogen (secondary N) is 1. The monoisotopic (exact) mass is 260 g/mol. The second kappa shape index (κ2) is 4.57. The van der Waals surface area contributed by atoms with E-state index in [0.29, 0.717) is 6.42 Å². The number of para-hydroxylation sites is 1. The first-order valence-electron chi connectivity index (χ1n) is 6.54. The summed E-state index contributed by atoms with van der Waals surface area (Å²) in [4.78, 5) is 25.2. The van der Waals surface area contributed by atoms with Gasteiger partial charge in [-0.2, -0.15) is 0 Å². The van der Waals surface area contributed by atoms with E-state index in [0.717, 1.165) is 18.5 Å². The molecule has 2 bridgehead atoms. The zero-order valence-electron chi connectivity index (χ0n) is 10.5. The highest BCUT2D eigenvalue weighted by Crippen LogP contribution is 2.42. The van der Waals surface area contributed by atoms with Gasteiger partial charge in [-0.1, -0.05) is 18.2 Å². The molecule has 1 aromatic carbocycles. The van der Waals surface area contributed by atoms with Crippen molar-refractivity contribution >= 4 is 17.7 Å². The standard InChI is InChI=1S/C14H16N2O3/c17-13(18)11-8-10-6-7-12(11)16(10)14(19)15-9-4-2-1-3-5-9/h1-5,10-12H,6-8H2,(H,15,19)(H,17,18). The van der Waals surface area contributed by atoms with Gasteiger partial charge in [0, 0.05) is 17.8 Å². The Morgan fingerprint density at radius 1 is 1.21 bits per heavy atom. The average Bonchev–Trinajstić information content (AvgIpc) is 2.97. The number of urea groups is 1. The second-order valence-corrected chi connectivity index (χ2v) is 5.18. The fourth-order valence-corrected chi connectivity index (χ4v) is 3.28. The van der Waals surface area contributed by atoms with Gasteiger partial charge in [0.05, 0.1) is 5.92 Å². The normalized spacial score (nSPS) is 28.4. The third-order valence-electron chi connectivity index (χ3n) is 4.11. The van der Waals surface area contributed by atoms with Crippen LogP contribution in [0.4, 0.5) is 10.5 Å². The molecule has 3 unspecified atom stereocenters. The highest BCUT2D eigenvalue weighted by molar-refractivity contribution is 5.91. The Bertz CT molecular complexity index is 503. The van der Waals surface area contributed by atoms with Crippen molar-refractivity contribution in [3.8, 4) is 0 Å². The number of fused-ring (bicyclic) bond motifs is 2. The van der Waals surface area contributed by atoms with Crippen LogP contribution in [0.1, 0.15) is 19.3 Å². The molecule has 1 aromatic rings. The third kappa shape index (κ3) is 2.05. The maximum absolute atomic E-state index is 12.3. The van der Waals surface area contributed by atoms with Crippen molar-refractivity contribution in [3.63, 3.8) is 0 Å². The third-order valence-corrected chi connectivity index (χ3v) is 4.11. The summed E-state index contributed by atoms with van der Waals surface area (Å²) in [5.41, 5.74) is 0.741. The lowest BCUT2D eigenvalue weighted by Gasteiger charge is -2.23. The quantitative estimate of drug-likeness (QED) is 0.856. The minimum atomic E-state index is -0.787. The molecule has 5 heteroatoms. The van der Waals surface area contributed by atoms with Crippen LogP contribution in [0, 0.1) is 5.92 Å². The van der Waals surface area contributed by atoms with Crippen molar-refractivity contribution in [1.29, 1.82) is 0 Å². The maximum atomic E-state index is 12.3. The van der Waals surface area contributed by atoms with Gasteiger partial charge in [0.25, 0.3) is 0 Å². The number of hydrogen-bond acceptors (Lipinski definition) is 2. The number of carbonyl (C=O) groups is 2. The number of anilines is 1. The van der Waals surface area contributed by atoms with Crippen LogP contribution in [-0.4, -0.2) is 34.1 Å². The van der Waals surface area contributed by atoms with Gasteiger partial charge >= 0.3 is 12.0 Å². The lowest BCUT2D eigenvalue weighted by molar-refractivity contribution is -0.142. The van der Waals surface area contributed by atoms with Crippen LogP contribution in [0.3, 0.4) is 0 Å². The SMILES string of the molecule is O=C(O)C1CC2CCC1N2C(=O)Nc1ccccc1. The summed E-state index contributed by atoms with van der Waals surface area (Å²) >= 11 is 0. The number of carboxylic acid groups (broad SMARTS) is 1. The predicted molar refractivity (Wildman–Crippen MR) is 69.9 cm³/mol. The predicted octanol–water partition coefficient (Wildman–Crippen LogP) is 2.16. The van der Waals surface area contributed by atoms with Crippen molar-refractivity contribution in [2.75, 3.05) is 5.32 Å². The molecular weight excluding hydrogens is 244 g/mol. The summed E-state index contributed by atoms with van der Waals surface area (Å²) in [6.07, 6.45) is 2.29. The van der Waals surface area contributed by atoms with E-state index in [2.05, 4.69) is 5.32 Å². The molecule has 3 atom stereocenters. The molecular formula is C14H16N2O3. The summed E-state index contributed by atoms with van der Waals surface area (Å²) in [5.74, 6) is -1.19. The van der Waals surface area contributed by atoms with Gasteiger partial charge in [-0.25, -0.2) is 4.79 Å². The Kier molecular flexibility index (Phi) is 2.89. The van der Waals surface area contributed by atoms with E-state index in [-0.39, 0.29) is 18.1 Å². The number of nitrogens with zero attached hydrogens (tertiary/aromatic N) is 1. The molecule has 19 heavy (non-hydrogen) atoms. The zero-order chi connectivity index (χ0) is 13.4. The molecule has 0 spiro atoms. The lowest BCUT2D eigenvalue weighted by atomic mass is 9.89. The van der Waals surface area contributed by atoms with E-state index in [1.807, 2.05) is 30.3 Å². The first-order chi connectivity index (χ1) is 9.16. The Hall–Kier alpha value is -2.04. The number of carboxylic acids is 1. The molecule has 2 amide bonds. The minimum Gasteiger partial charge on any atom is -0.481 e. The summed E-state index contributed by atoms with van der Waals surface area (Å²) in [5, 5.41) is 12.0. The summed E-state index contributed by atoms with van der Waals surface area (Å²) in [6, 6.07) is 9.00. The molecule has 100 valence electrons. The molecule has 3 rings (SSSR count). The Labute approximate surface area is 111 Å². The summed E-state index contributed by atoms with van der Waals surface area (Å²) < 4.78 is 0. The van der Waals surface area contributed by atoms with Crippen molar-refractivity contribution in [3.05, 3.63) is 30.3 Å². The highest BCUT2D eigenvalue weighted by atomic mass is 16.4. The van der Waals surface area contributed by atoms with E-state index < -0.39 is 11.9 Å². The van der Waals surface area contributed by atoms with E-state index in [9.17, 15) is 9.59 Å². The zero-order valence-corrected chi connectivity index (χ0v) is 10.5. The highest BCUT2D eigenvalue weighted by Gasteiger charge is 2.51. The second-order valence-electron chi connectivity index (χ2n) is 5.18. The van der Waals surface area contributed by atoms with Gasteiger partial charge in [-0.15, -0.1) is 0 Å². The number of hydrogen-bond donors (Lipinski definition) is 2. The van der Waals surface area contributed by atoms with Crippen LogP contribution < -0.4 is 5.32 Å². The molecule has 0 aromatic heterocycles. The van der Waals surface area contributed by atoms with Crippen molar-refractivity contribution in [2.24, 2.45) is 5.92 Å². The number of amides is 2. The number of benzene rings is 1. The Morgan fingerprint density at radius 2 is 1.95 bits per heavy atom. The van der Waals surface area contributed by atoms with Gasteiger partial charge < -0.3 is 15.3 Å². The largest absolute Gasteiger partial charge is 0.481 e. The van der Waals surface area contributed by atoms with Crippen molar-refractivity contribution < 1.29 is 14.7 Å². The number of aliphatic carboxylic acids is 1. The van der Waals surface area contributed by atoms with Gasteiger partial charge in [-0.3, -0.25) is 4.79 Å². The Morgan fingerprint density at radius 3 is 2.58 bits per heavy atom. The van der Waals surface area contributed by atoms with Crippen LogP contribution in [0.15, 0.2) is 30.3 Å². The smallest absolute Gasteiger partial charge is 0.322 e. The molecule has 2 aliphatic heterocycles. The Balaban J connectivity index is 1.73. The molecule has 2 aliphatic rings. The van der Waals surface area contributed by atoms with E-state index in [1.165, 1.54) is 0 Å². The van der Waals surface area contributed by atoms with Crippen molar-refractivity contribution in [2.45, 2.75) is 31.3 Å². The van der Waals surface area contributed by atoms with Gasteiger partial charge in [0.2, 0.25) is 0 Å². The molecule has 0 radical (unpaired) electrons. The number of rotatable bonds is 2. The van der Waals surface area contributed by atoms with Crippen LogP contribution in [-0.2, 0) is 4.79 Å². The van der Waals surface area contributed by atoms with Crippen molar-refractivity contribution in [1.82, 2.24) is 4.90 Å². The first kappa shape index (κ1) is 12.0. The molecule has 2 heterocycles. The molecule has 0 saturated carbocycles. The first-order valence-corrected chi connectivity index (χ1v) is 6.54. The number of carbonyl (C=O) groups excluding carboxylic acids is 1. The van der Waals surface area contributed by atoms with Gasteiger partial charge in [0.1, 0.15) is 0 Å². The topological polar surface area (TPSA) is 69.6 Å².